The average Bonchev–Trinajstić information content (AvgIpc) is 2.72. The van der Waals surface area contributed by atoms with Crippen LogP contribution >= 0.6 is 11.3 Å². The van der Waals surface area contributed by atoms with E-state index in [9.17, 15) is 0 Å². The molecular weight excluding hydrogens is 216 g/mol. The molecule has 16 heavy (non-hydrogen) atoms. The maximum absolute atomic E-state index is 4.37. The Morgan fingerprint density at radius 3 is 2.94 bits per heavy atom. The van der Waals surface area contributed by atoms with Crippen LogP contribution in [-0.2, 0) is 13.0 Å². The fourth-order valence-corrected chi connectivity index (χ4v) is 2.48. The van der Waals surface area contributed by atoms with Gasteiger partial charge in [-0.2, -0.15) is 0 Å². The first-order chi connectivity index (χ1) is 7.81. The van der Waals surface area contributed by atoms with Gasteiger partial charge < -0.3 is 5.32 Å². The zero-order valence-electron chi connectivity index (χ0n) is 9.66. The Bertz CT molecular complexity index is 462. The van der Waals surface area contributed by atoms with Crippen molar-refractivity contribution in [1.29, 1.82) is 0 Å². The van der Waals surface area contributed by atoms with Crippen molar-refractivity contribution in [1.82, 2.24) is 4.98 Å². The van der Waals surface area contributed by atoms with Crippen molar-refractivity contribution in [3.8, 4) is 0 Å². The first-order valence-electron chi connectivity index (χ1n) is 5.52. The van der Waals surface area contributed by atoms with Crippen molar-refractivity contribution in [2.45, 2.75) is 26.8 Å². The van der Waals surface area contributed by atoms with Crippen LogP contribution in [0.15, 0.2) is 29.8 Å². The van der Waals surface area contributed by atoms with E-state index in [1.807, 2.05) is 12.3 Å². The molecule has 2 nitrogen and oxygen atoms in total. The second kappa shape index (κ2) is 5.12. The van der Waals surface area contributed by atoms with Gasteiger partial charge in [-0.05, 0) is 42.0 Å². The summed E-state index contributed by atoms with van der Waals surface area (Å²) in [5.74, 6) is 1.01. The minimum Gasteiger partial charge on any atom is -0.365 e. The van der Waals surface area contributed by atoms with E-state index in [2.05, 4.69) is 41.7 Å². The van der Waals surface area contributed by atoms with Crippen LogP contribution < -0.4 is 5.32 Å². The molecule has 0 aliphatic carbocycles. The van der Waals surface area contributed by atoms with E-state index < -0.39 is 0 Å². The van der Waals surface area contributed by atoms with E-state index in [4.69, 9.17) is 0 Å². The third kappa shape index (κ3) is 2.42. The SMILES string of the molecule is CCc1cccnc1NCc1sccc1C. The molecule has 0 saturated heterocycles. The molecule has 3 heteroatoms. The van der Waals surface area contributed by atoms with Crippen molar-refractivity contribution in [2.24, 2.45) is 0 Å². The van der Waals surface area contributed by atoms with Gasteiger partial charge in [-0.25, -0.2) is 4.98 Å². The zero-order valence-corrected chi connectivity index (χ0v) is 10.5. The molecule has 0 bridgehead atoms. The number of aryl methyl sites for hydroxylation is 2. The summed E-state index contributed by atoms with van der Waals surface area (Å²) in [5.41, 5.74) is 2.63. The lowest BCUT2D eigenvalue weighted by molar-refractivity contribution is 1.06. The largest absolute Gasteiger partial charge is 0.365 e. The second-order valence-electron chi connectivity index (χ2n) is 3.75. The van der Waals surface area contributed by atoms with Crippen LogP contribution in [0.25, 0.3) is 0 Å². The zero-order chi connectivity index (χ0) is 11.4. The van der Waals surface area contributed by atoms with Crippen molar-refractivity contribution in [3.05, 3.63) is 45.8 Å². The highest BCUT2D eigenvalue weighted by Gasteiger charge is 2.03. The summed E-state index contributed by atoms with van der Waals surface area (Å²) in [5, 5.41) is 5.54. The quantitative estimate of drug-likeness (QED) is 0.870. The molecule has 0 fully saturated rings. The van der Waals surface area contributed by atoms with E-state index >= 15 is 0 Å². The molecule has 0 aromatic carbocycles. The van der Waals surface area contributed by atoms with Gasteiger partial charge in [0.2, 0.25) is 0 Å². The Kier molecular flexibility index (Phi) is 3.57. The highest BCUT2D eigenvalue weighted by molar-refractivity contribution is 7.10. The topological polar surface area (TPSA) is 24.9 Å². The molecule has 2 aromatic heterocycles. The molecule has 84 valence electrons. The van der Waals surface area contributed by atoms with Crippen LogP contribution in [0.3, 0.4) is 0 Å². The van der Waals surface area contributed by atoms with E-state index in [0.717, 1.165) is 18.8 Å². The highest BCUT2D eigenvalue weighted by Crippen LogP contribution is 2.18. The molecule has 0 aliphatic heterocycles. The highest BCUT2D eigenvalue weighted by atomic mass is 32.1. The lowest BCUT2D eigenvalue weighted by Gasteiger charge is -2.08. The van der Waals surface area contributed by atoms with Crippen molar-refractivity contribution in [2.75, 3.05) is 5.32 Å². The van der Waals surface area contributed by atoms with Gasteiger partial charge in [0.15, 0.2) is 0 Å². The molecule has 0 amide bonds. The van der Waals surface area contributed by atoms with Crippen LogP contribution in [0.5, 0.6) is 0 Å². The predicted octanol–water partition coefficient (Wildman–Crippen LogP) is 3.63. The normalized spacial score (nSPS) is 10.4. The summed E-state index contributed by atoms with van der Waals surface area (Å²) in [7, 11) is 0. The lowest BCUT2D eigenvalue weighted by atomic mass is 10.2. The number of nitrogens with one attached hydrogen (secondary N) is 1. The smallest absolute Gasteiger partial charge is 0.129 e. The van der Waals surface area contributed by atoms with Crippen molar-refractivity contribution >= 4 is 17.2 Å². The fourth-order valence-electron chi connectivity index (χ4n) is 1.63. The van der Waals surface area contributed by atoms with E-state index in [1.54, 1.807) is 11.3 Å². The van der Waals surface area contributed by atoms with Gasteiger partial charge in [0.05, 0.1) is 6.54 Å². The first-order valence-corrected chi connectivity index (χ1v) is 6.40. The average molecular weight is 232 g/mol. The number of hydrogen-bond acceptors (Lipinski definition) is 3. The van der Waals surface area contributed by atoms with Gasteiger partial charge in [0.25, 0.3) is 0 Å². The van der Waals surface area contributed by atoms with Gasteiger partial charge in [0, 0.05) is 11.1 Å². The molecule has 0 spiro atoms. The number of rotatable bonds is 4. The van der Waals surface area contributed by atoms with Crippen LogP contribution in [0.1, 0.15) is 22.9 Å². The molecule has 0 saturated carbocycles. The van der Waals surface area contributed by atoms with Gasteiger partial charge in [-0.1, -0.05) is 13.0 Å². The maximum atomic E-state index is 4.37. The van der Waals surface area contributed by atoms with Gasteiger partial charge in [0.1, 0.15) is 5.82 Å². The third-order valence-corrected chi connectivity index (χ3v) is 3.68. The third-order valence-electron chi connectivity index (χ3n) is 2.66. The number of anilines is 1. The van der Waals surface area contributed by atoms with E-state index in [0.29, 0.717) is 0 Å². The monoisotopic (exact) mass is 232 g/mol. The maximum Gasteiger partial charge on any atom is 0.129 e. The predicted molar refractivity (Wildman–Crippen MR) is 70.0 cm³/mol. The number of pyridine rings is 1. The minimum absolute atomic E-state index is 0.869. The molecule has 2 heterocycles. The molecule has 0 atom stereocenters. The summed E-state index contributed by atoms with van der Waals surface area (Å²) in [6.07, 6.45) is 2.85. The number of nitrogens with zero attached hydrogens (tertiary/aromatic N) is 1. The Morgan fingerprint density at radius 1 is 1.38 bits per heavy atom. The summed E-state index contributed by atoms with van der Waals surface area (Å²) in [4.78, 5) is 5.75. The Balaban J connectivity index is 2.07. The molecule has 1 N–H and O–H groups in total. The molecule has 0 aliphatic rings. The Labute approximate surface area is 100 Å². The number of hydrogen-bond donors (Lipinski definition) is 1. The summed E-state index contributed by atoms with van der Waals surface area (Å²) in [6.45, 7) is 5.17. The standard InChI is InChI=1S/C13H16N2S/c1-3-11-5-4-7-14-13(11)15-9-12-10(2)6-8-16-12/h4-8H,3,9H2,1-2H3,(H,14,15). The summed E-state index contributed by atoms with van der Waals surface area (Å²) >= 11 is 1.79. The van der Waals surface area contributed by atoms with Gasteiger partial charge in [-0.3, -0.25) is 0 Å². The fraction of sp³-hybridized carbons (Fsp3) is 0.308. The van der Waals surface area contributed by atoms with Crippen molar-refractivity contribution in [3.63, 3.8) is 0 Å². The molecule has 0 radical (unpaired) electrons. The van der Waals surface area contributed by atoms with Crippen LogP contribution in [0.2, 0.25) is 0 Å². The lowest BCUT2D eigenvalue weighted by Crippen LogP contribution is -2.03. The number of aromatic nitrogens is 1. The second-order valence-corrected chi connectivity index (χ2v) is 4.75. The van der Waals surface area contributed by atoms with E-state index in [1.165, 1.54) is 16.0 Å². The summed E-state index contributed by atoms with van der Waals surface area (Å²) in [6, 6.07) is 6.26. The molecule has 2 rings (SSSR count). The molecular formula is C13H16N2S. The van der Waals surface area contributed by atoms with E-state index in [-0.39, 0.29) is 0 Å². The van der Waals surface area contributed by atoms with Gasteiger partial charge >= 0.3 is 0 Å². The van der Waals surface area contributed by atoms with Crippen LogP contribution in [0.4, 0.5) is 5.82 Å². The van der Waals surface area contributed by atoms with Crippen LogP contribution in [0, 0.1) is 6.92 Å². The van der Waals surface area contributed by atoms with Crippen LogP contribution in [-0.4, -0.2) is 4.98 Å². The number of thiophene rings is 1. The Morgan fingerprint density at radius 2 is 2.25 bits per heavy atom. The summed E-state index contributed by atoms with van der Waals surface area (Å²) < 4.78 is 0. The molecule has 2 aromatic rings. The minimum atomic E-state index is 0.869. The van der Waals surface area contributed by atoms with Crippen molar-refractivity contribution < 1.29 is 0 Å². The molecule has 0 unspecified atom stereocenters. The first kappa shape index (κ1) is 11.1. The van der Waals surface area contributed by atoms with Gasteiger partial charge in [-0.15, -0.1) is 11.3 Å². The Hall–Kier alpha value is -1.35.